The summed E-state index contributed by atoms with van der Waals surface area (Å²) in [5, 5.41) is 0. The van der Waals surface area contributed by atoms with Gasteiger partial charge in [-0.15, -0.1) is 0 Å². The molecule has 0 bridgehead atoms. The summed E-state index contributed by atoms with van der Waals surface area (Å²) in [5.41, 5.74) is 16.5. The van der Waals surface area contributed by atoms with Crippen molar-refractivity contribution in [2.75, 3.05) is 0 Å². The van der Waals surface area contributed by atoms with Gasteiger partial charge in [0.15, 0.2) is 17.5 Å². The first kappa shape index (κ1) is 36.0. The Morgan fingerprint density at radius 1 is 0.262 bits per heavy atom. The van der Waals surface area contributed by atoms with Crippen LogP contribution < -0.4 is 0 Å². The maximum atomic E-state index is 5.13. The highest BCUT2D eigenvalue weighted by molar-refractivity contribution is 5.90. The van der Waals surface area contributed by atoms with Crippen molar-refractivity contribution in [3.8, 4) is 78.7 Å². The molecule has 1 aliphatic carbocycles. The van der Waals surface area contributed by atoms with E-state index in [9.17, 15) is 0 Å². The van der Waals surface area contributed by atoms with Crippen LogP contribution in [0.3, 0.4) is 0 Å². The van der Waals surface area contributed by atoms with E-state index in [0.29, 0.717) is 17.5 Å². The van der Waals surface area contributed by atoms with Gasteiger partial charge in [-0.25, -0.2) is 15.0 Å². The van der Waals surface area contributed by atoms with Gasteiger partial charge in [0.05, 0.1) is 5.41 Å². The Morgan fingerprint density at radius 2 is 0.623 bits per heavy atom. The largest absolute Gasteiger partial charge is 0.265 e. The molecule has 2 heterocycles. The second kappa shape index (κ2) is 15.3. The van der Waals surface area contributed by atoms with Gasteiger partial charge >= 0.3 is 0 Å². The average molecular weight is 779 g/mol. The van der Waals surface area contributed by atoms with E-state index in [1.807, 2.05) is 48.8 Å². The molecule has 2 aromatic heterocycles. The second-order valence-electron chi connectivity index (χ2n) is 15.4. The molecule has 0 spiro atoms. The van der Waals surface area contributed by atoms with Gasteiger partial charge in [0, 0.05) is 29.1 Å². The van der Waals surface area contributed by atoms with Crippen molar-refractivity contribution in [2.45, 2.75) is 5.41 Å². The highest BCUT2D eigenvalue weighted by atomic mass is 15.0. The summed E-state index contributed by atoms with van der Waals surface area (Å²) >= 11 is 0. The molecule has 1 aliphatic rings. The van der Waals surface area contributed by atoms with E-state index in [-0.39, 0.29) is 0 Å². The number of hydrogen-bond acceptors (Lipinski definition) is 4. The first-order valence-corrected chi connectivity index (χ1v) is 20.6. The van der Waals surface area contributed by atoms with Crippen molar-refractivity contribution in [1.82, 2.24) is 19.9 Å². The molecule has 61 heavy (non-hydrogen) atoms. The Balaban J connectivity index is 1.06. The Labute approximate surface area is 355 Å². The van der Waals surface area contributed by atoms with E-state index in [0.717, 1.165) is 44.5 Å². The van der Waals surface area contributed by atoms with Crippen LogP contribution >= 0.6 is 0 Å². The van der Waals surface area contributed by atoms with Gasteiger partial charge in [-0.2, -0.15) is 0 Å². The molecule has 0 amide bonds. The summed E-state index contributed by atoms with van der Waals surface area (Å²) < 4.78 is 0. The van der Waals surface area contributed by atoms with Crippen LogP contribution in [0.15, 0.2) is 231 Å². The highest BCUT2D eigenvalue weighted by Gasteiger charge is 2.46. The second-order valence-corrected chi connectivity index (χ2v) is 15.4. The Bertz CT molecular complexity index is 3110. The molecule has 0 saturated heterocycles. The molecule has 0 unspecified atom stereocenters. The normalized spacial score (nSPS) is 12.4. The van der Waals surface area contributed by atoms with Crippen molar-refractivity contribution in [3.05, 3.63) is 253 Å². The zero-order valence-corrected chi connectivity index (χ0v) is 33.2. The van der Waals surface area contributed by atoms with Crippen molar-refractivity contribution >= 4 is 0 Å². The van der Waals surface area contributed by atoms with Crippen LogP contribution in [0.25, 0.3) is 78.7 Å². The van der Waals surface area contributed by atoms with Crippen LogP contribution in [0, 0.1) is 0 Å². The van der Waals surface area contributed by atoms with Crippen LogP contribution in [-0.4, -0.2) is 19.9 Å². The van der Waals surface area contributed by atoms with E-state index < -0.39 is 5.41 Å². The van der Waals surface area contributed by atoms with E-state index in [1.54, 1.807) is 0 Å². The molecule has 0 atom stereocenters. The number of aromatic nitrogens is 4. The standard InChI is InChI=1S/C57H38N4/c1-5-14-39(15-6-1)40-24-26-43(27-25-40)55-59-54(42-16-7-2-8-17-42)60-56(61-55)47-19-13-18-44(36-47)46-29-31-51-50-30-28-45(41-32-34-58-35-33-41)37-52(50)57(53(51)38-46,48-20-9-3-10-21-48)49-22-11-4-12-23-49/h1-38H. The summed E-state index contributed by atoms with van der Waals surface area (Å²) in [6.45, 7) is 0. The average Bonchev–Trinajstić information content (AvgIpc) is 3.65. The van der Waals surface area contributed by atoms with Gasteiger partial charge < -0.3 is 0 Å². The first-order chi connectivity index (χ1) is 30.2. The molecule has 286 valence electrons. The summed E-state index contributed by atoms with van der Waals surface area (Å²) in [4.78, 5) is 19.5. The van der Waals surface area contributed by atoms with Gasteiger partial charge in [-0.1, -0.05) is 188 Å². The van der Waals surface area contributed by atoms with Crippen molar-refractivity contribution in [2.24, 2.45) is 0 Å². The molecule has 8 aromatic carbocycles. The number of rotatable bonds is 8. The fraction of sp³-hybridized carbons (Fsp3) is 0.0175. The third-order valence-corrected chi connectivity index (χ3v) is 11.9. The number of benzene rings is 8. The van der Waals surface area contributed by atoms with Crippen molar-refractivity contribution < 1.29 is 0 Å². The molecule has 0 saturated carbocycles. The summed E-state index contributed by atoms with van der Waals surface area (Å²) in [5.74, 6) is 1.89. The molecule has 10 aromatic rings. The fourth-order valence-corrected chi connectivity index (χ4v) is 9.02. The Hall–Kier alpha value is -8.08. The van der Waals surface area contributed by atoms with Gasteiger partial charge in [0.25, 0.3) is 0 Å². The molecular weight excluding hydrogens is 741 g/mol. The highest BCUT2D eigenvalue weighted by Crippen LogP contribution is 2.57. The molecule has 4 heteroatoms. The Kier molecular flexibility index (Phi) is 9.02. The van der Waals surface area contributed by atoms with Crippen LogP contribution in [0.2, 0.25) is 0 Å². The SMILES string of the molecule is c1ccc(-c2ccc(-c3nc(-c4ccccc4)nc(-c4cccc(-c5ccc6c(c5)C(c5ccccc5)(c5ccccc5)c5cc(-c7ccncc7)ccc5-6)c4)n3)cc2)cc1. The lowest BCUT2D eigenvalue weighted by atomic mass is 9.67. The monoisotopic (exact) mass is 778 g/mol. The van der Waals surface area contributed by atoms with Crippen molar-refractivity contribution in [3.63, 3.8) is 0 Å². The Morgan fingerprint density at radius 3 is 1.18 bits per heavy atom. The van der Waals surface area contributed by atoms with Gasteiger partial charge in [0.1, 0.15) is 0 Å². The fourth-order valence-electron chi connectivity index (χ4n) is 9.02. The predicted molar refractivity (Wildman–Crippen MR) is 248 cm³/mol. The lowest BCUT2D eigenvalue weighted by molar-refractivity contribution is 0.769. The van der Waals surface area contributed by atoms with E-state index >= 15 is 0 Å². The molecule has 11 rings (SSSR count). The van der Waals surface area contributed by atoms with Crippen LogP contribution in [0.1, 0.15) is 22.3 Å². The zero-order valence-electron chi connectivity index (χ0n) is 33.2. The van der Waals surface area contributed by atoms with E-state index in [2.05, 4.69) is 187 Å². The smallest absolute Gasteiger partial charge is 0.164 e. The zero-order chi connectivity index (χ0) is 40.6. The van der Waals surface area contributed by atoms with Crippen molar-refractivity contribution in [1.29, 1.82) is 0 Å². The number of hydrogen-bond donors (Lipinski definition) is 0. The van der Waals surface area contributed by atoms with Crippen LogP contribution in [-0.2, 0) is 5.41 Å². The molecule has 4 nitrogen and oxygen atoms in total. The number of nitrogens with zero attached hydrogens (tertiary/aromatic N) is 4. The third-order valence-electron chi connectivity index (χ3n) is 11.9. The molecule has 0 radical (unpaired) electrons. The van der Waals surface area contributed by atoms with Gasteiger partial charge in [0.2, 0.25) is 0 Å². The maximum absolute atomic E-state index is 5.13. The lowest BCUT2D eigenvalue weighted by Crippen LogP contribution is -2.28. The molecule has 0 aliphatic heterocycles. The summed E-state index contributed by atoms with van der Waals surface area (Å²) in [6.07, 6.45) is 3.73. The number of fused-ring (bicyclic) bond motifs is 3. The van der Waals surface area contributed by atoms with E-state index in [1.165, 1.54) is 38.9 Å². The predicted octanol–water partition coefficient (Wildman–Crippen LogP) is 13.6. The van der Waals surface area contributed by atoms with Crippen LogP contribution in [0.5, 0.6) is 0 Å². The topological polar surface area (TPSA) is 51.6 Å². The lowest BCUT2D eigenvalue weighted by Gasteiger charge is -2.34. The molecular formula is C57H38N4. The summed E-state index contributed by atoms with van der Waals surface area (Å²) in [6, 6.07) is 77.6. The van der Waals surface area contributed by atoms with E-state index in [4.69, 9.17) is 15.0 Å². The minimum atomic E-state index is -0.562. The minimum Gasteiger partial charge on any atom is -0.265 e. The molecule has 0 N–H and O–H groups in total. The number of pyridine rings is 1. The third kappa shape index (κ3) is 6.42. The van der Waals surface area contributed by atoms with Gasteiger partial charge in [-0.3, -0.25) is 4.98 Å². The minimum absolute atomic E-state index is 0.562. The molecule has 0 fully saturated rings. The quantitative estimate of drug-likeness (QED) is 0.154. The maximum Gasteiger partial charge on any atom is 0.164 e. The van der Waals surface area contributed by atoms with Gasteiger partial charge in [-0.05, 0) is 97.1 Å². The first-order valence-electron chi connectivity index (χ1n) is 20.6. The summed E-state index contributed by atoms with van der Waals surface area (Å²) in [7, 11) is 0. The van der Waals surface area contributed by atoms with Crippen LogP contribution in [0.4, 0.5) is 0 Å².